The number of rotatable bonds is 6. The fraction of sp³-hybridized carbons (Fsp3) is 0.227. The molecule has 0 unspecified atom stereocenters. The lowest BCUT2D eigenvalue weighted by Crippen LogP contribution is -2.35. The molecule has 1 heterocycles. The fourth-order valence-corrected chi connectivity index (χ4v) is 2.55. The second-order valence-corrected chi connectivity index (χ2v) is 6.81. The highest BCUT2D eigenvalue weighted by molar-refractivity contribution is 5.95. The number of fused-ring (bicyclic) bond motifs is 1. The van der Waals surface area contributed by atoms with Gasteiger partial charge in [0, 0.05) is 11.9 Å². The SMILES string of the molecule is CC(C)[C@@H](O)CNC(=O)c1ccc2cc(Oc3ccc(C#N)cc3)ccc2n1. The molecule has 6 nitrogen and oxygen atoms in total. The summed E-state index contributed by atoms with van der Waals surface area (Å²) in [5, 5.41) is 22.2. The lowest BCUT2D eigenvalue weighted by atomic mass is 10.1. The van der Waals surface area contributed by atoms with Crippen molar-refractivity contribution in [2.75, 3.05) is 6.54 Å². The highest BCUT2D eigenvalue weighted by Gasteiger charge is 2.13. The number of nitrogens with zero attached hydrogens (tertiary/aromatic N) is 2. The molecule has 0 aliphatic heterocycles. The molecule has 0 fully saturated rings. The van der Waals surface area contributed by atoms with E-state index >= 15 is 0 Å². The second kappa shape index (κ2) is 8.51. The van der Waals surface area contributed by atoms with Crippen molar-refractivity contribution in [3.05, 3.63) is 65.9 Å². The molecule has 0 saturated carbocycles. The molecule has 0 bridgehead atoms. The van der Waals surface area contributed by atoms with Gasteiger partial charge in [0.05, 0.1) is 23.3 Å². The van der Waals surface area contributed by atoms with Gasteiger partial charge in [0.1, 0.15) is 17.2 Å². The molecule has 28 heavy (non-hydrogen) atoms. The Bertz CT molecular complexity index is 1020. The van der Waals surface area contributed by atoms with Gasteiger partial charge in [-0.25, -0.2) is 4.98 Å². The summed E-state index contributed by atoms with van der Waals surface area (Å²) < 4.78 is 5.81. The minimum Gasteiger partial charge on any atom is -0.457 e. The standard InChI is InChI=1S/C22H21N3O3/c1-14(2)21(26)13-24-22(27)20-9-5-16-11-18(8-10-19(16)25-20)28-17-6-3-15(12-23)4-7-17/h3-11,14,21,26H,13H2,1-2H3,(H,24,27)/t21-/m0/s1. The van der Waals surface area contributed by atoms with Crippen LogP contribution in [0.1, 0.15) is 29.9 Å². The number of nitrogens with one attached hydrogen (secondary N) is 1. The van der Waals surface area contributed by atoms with Crippen LogP contribution in [0.15, 0.2) is 54.6 Å². The summed E-state index contributed by atoms with van der Waals surface area (Å²) in [6.07, 6.45) is -0.591. The van der Waals surface area contributed by atoms with Crippen LogP contribution < -0.4 is 10.1 Å². The number of carbonyl (C=O) groups excluding carboxylic acids is 1. The fourth-order valence-electron chi connectivity index (χ4n) is 2.55. The molecule has 2 N–H and O–H groups in total. The maximum Gasteiger partial charge on any atom is 0.269 e. The van der Waals surface area contributed by atoms with E-state index in [4.69, 9.17) is 10.00 Å². The molecule has 0 saturated heterocycles. The minimum absolute atomic E-state index is 0.0689. The molecule has 0 aliphatic carbocycles. The second-order valence-electron chi connectivity index (χ2n) is 6.81. The minimum atomic E-state index is -0.591. The van der Waals surface area contributed by atoms with Crippen molar-refractivity contribution < 1.29 is 14.6 Å². The van der Waals surface area contributed by atoms with Gasteiger partial charge >= 0.3 is 0 Å². The average molecular weight is 375 g/mol. The van der Waals surface area contributed by atoms with Crippen LogP contribution in [0.4, 0.5) is 0 Å². The first kappa shape index (κ1) is 19.3. The van der Waals surface area contributed by atoms with Gasteiger partial charge in [0.2, 0.25) is 0 Å². The number of hydrogen-bond donors (Lipinski definition) is 2. The van der Waals surface area contributed by atoms with Gasteiger partial charge in [-0.1, -0.05) is 19.9 Å². The third-order valence-electron chi connectivity index (χ3n) is 4.35. The maximum absolute atomic E-state index is 12.2. The summed E-state index contributed by atoms with van der Waals surface area (Å²) in [7, 11) is 0. The van der Waals surface area contributed by atoms with Crippen molar-refractivity contribution in [1.29, 1.82) is 5.26 Å². The summed E-state index contributed by atoms with van der Waals surface area (Å²) in [5.74, 6) is 1.01. The summed E-state index contributed by atoms with van der Waals surface area (Å²) in [5.41, 5.74) is 1.54. The van der Waals surface area contributed by atoms with Crippen molar-refractivity contribution >= 4 is 16.8 Å². The molecule has 2 aromatic carbocycles. The molecule has 3 aromatic rings. The smallest absolute Gasteiger partial charge is 0.269 e. The van der Waals surface area contributed by atoms with Gasteiger partial charge in [-0.15, -0.1) is 0 Å². The topological polar surface area (TPSA) is 95.2 Å². The number of benzene rings is 2. The molecule has 3 rings (SSSR count). The Kier molecular flexibility index (Phi) is 5.87. The van der Waals surface area contributed by atoms with Crippen molar-refractivity contribution in [3.63, 3.8) is 0 Å². The Hall–Kier alpha value is -3.43. The predicted molar refractivity (Wildman–Crippen MR) is 106 cm³/mol. The van der Waals surface area contributed by atoms with Gasteiger partial charge in [-0.2, -0.15) is 5.26 Å². The zero-order chi connectivity index (χ0) is 20.1. The van der Waals surface area contributed by atoms with E-state index < -0.39 is 6.10 Å². The van der Waals surface area contributed by atoms with E-state index in [9.17, 15) is 9.90 Å². The number of aliphatic hydroxyl groups is 1. The van der Waals surface area contributed by atoms with Crippen LogP contribution in [-0.4, -0.2) is 28.6 Å². The van der Waals surface area contributed by atoms with Gasteiger partial charge < -0.3 is 15.2 Å². The Balaban J connectivity index is 1.72. The number of nitriles is 1. The Morgan fingerprint density at radius 3 is 2.54 bits per heavy atom. The quantitative estimate of drug-likeness (QED) is 0.686. The molecule has 1 aromatic heterocycles. The summed E-state index contributed by atoms with van der Waals surface area (Å²) >= 11 is 0. The zero-order valence-electron chi connectivity index (χ0n) is 15.7. The Morgan fingerprint density at radius 1 is 1.14 bits per heavy atom. The molecule has 0 aliphatic rings. The first-order valence-corrected chi connectivity index (χ1v) is 9.01. The summed E-state index contributed by atoms with van der Waals surface area (Å²) in [6.45, 7) is 3.97. The van der Waals surface area contributed by atoms with Gasteiger partial charge in [0.25, 0.3) is 5.91 Å². The van der Waals surface area contributed by atoms with E-state index in [1.54, 1.807) is 42.5 Å². The third-order valence-corrected chi connectivity index (χ3v) is 4.35. The molecule has 1 amide bonds. The summed E-state index contributed by atoms with van der Waals surface area (Å²) in [4.78, 5) is 16.6. The molecule has 0 radical (unpaired) electrons. The molecular weight excluding hydrogens is 354 g/mol. The number of ether oxygens (including phenoxy) is 1. The van der Waals surface area contributed by atoms with E-state index in [0.29, 0.717) is 28.3 Å². The molecule has 1 atom stereocenters. The first-order chi connectivity index (χ1) is 13.5. The van der Waals surface area contributed by atoms with Crippen LogP contribution in [0, 0.1) is 17.2 Å². The zero-order valence-corrected chi connectivity index (χ0v) is 15.7. The lowest BCUT2D eigenvalue weighted by molar-refractivity contribution is 0.0867. The van der Waals surface area contributed by atoms with E-state index in [1.165, 1.54) is 0 Å². The molecular formula is C22H21N3O3. The van der Waals surface area contributed by atoms with Crippen LogP contribution in [-0.2, 0) is 0 Å². The van der Waals surface area contributed by atoms with Crippen LogP contribution >= 0.6 is 0 Å². The number of hydrogen-bond acceptors (Lipinski definition) is 5. The normalized spacial score (nSPS) is 11.8. The first-order valence-electron chi connectivity index (χ1n) is 9.01. The highest BCUT2D eigenvalue weighted by atomic mass is 16.5. The number of pyridine rings is 1. The maximum atomic E-state index is 12.2. The van der Waals surface area contributed by atoms with Gasteiger partial charge in [0.15, 0.2) is 0 Å². The molecule has 6 heteroatoms. The average Bonchev–Trinajstić information content (AvgIpc) is 2.71. The highest BCUT2D eigenvalue weighted by Crippen LogP contribution is 2.25. The van der Waals surface area contributed by atoms with E-state index in [1.807, 2.05) is 26.0 Å². The van der Waals surface area contributed by atoms with Crippen molar-refractivity contribution in [2.24, 2.45) is 5.92 Å². The van der Waals surface area contributed by atoms with E-state index in [-0.39, 0.29) is 18.4 Å². The van der Waals surface area contributed by atoms with Crippen molar-refractivity contribution in [2.45, 2.75) is 20.0 Å². The van der Waals surface area contributed by atoms with E-state index in [2.05, 4.69) is 16.4 Å². The van der Waals surface area contributed by atoms with Gasteiger partial charge in [-0.05, 0) is 54.4 Å². The van der Waals surface area contributed by atoms with Crippen LogP contribution in [0.2, 0.25) is 0 Å². The van der Waals surface area contributed by atoms with Crippen LogP contribution in [0.25, 0.3) is 10.9 Å². The van der Waals surface area contributed by atoms with Crippen molar-refractivity contribution in [1.82, 2.24) is 10.3 Å². The summed E-state index contributed by atoms with van der Waals surface area (Å²) in [6, 6.07) is 17.8. The largest absolute Gasteiger partial charge is 0.457 e. The third kappa shape index (κ3) is 4.64. The number of aliphatic hydroxyl groups excluding tert-OH is 1. The Labute approximate surface area is 163 Å². The Morgan fingerprint density at radius 2 is 1.86 bits per heavy atom. The lowest BCUT2D eigenvalue weighted by Gasteiger charge is -2.15. The van der Waals surface area contributed by atoms with Crippen molar-refractivity contribution in [3.8, 4) is 17.6 Å². The number of amides is 1. The monoisotopic (exact) mass is 375 g/mol. The molecule has 142 valence electrons. The number of carbonyl (C=O) groups is 1. The van der Waals surface area contributed by atoms with Crippen LogP contribution in [0.3, 0.4) is 0 Å². The predicted octanol–water partition coefficient (Wildman–Crippen LogP) is 3.65. The number of aromatic nitrogens is 1. The molecule has 0 spiro atoms. The van der Waals surface area contributed by atoms with Gasteiger partial charge in [-0.3, -0.25) is 4.79 Å². The van der Waals surface area contributed by atoms with E-state index in [0.717, 1.165) is 5.39 Å². The van der Waals surface area contributed by atoms with Crippen LogP contribution in [0.5, 0.6) is 11.5 Å².